The van der Waals surface area contributed by atoms with Gasteiger partial charge in [-0.05, 0) is 51.1 Å². The Morgan fingerprint density at radius 3 is 2.55 bits per heavy atom. The van der Waals surface area contributed by atoms with Crippen molar-refractivity contribution in [3.63, 3.8) is 0 Å². The minimum atomic E-state index is -3.73. The molecule has 0 saturated carbocycles. The predicted octanol–water partition coefficient (Wildman–Crippen LogP) is 3.76. The molecule has 2 unspecified atom stereocenters. The number of hydrogen-bond acceptors (Lipinski definition) is 6. The number of amides is 1. The van der Waals surface area contributed by atoms with Crippen LogP contribution in [0.4, 0.5) is 5.13 Å². The van der Waals surface area contributed by atoms with Gasteiger partial charge in [-0.15, -0.1) is 0 Å². The average Bonchev–Trinajstić information content (AvgIpc) is 3.17. The number of hydrogen-bond donors (Lipinski definition) is 0. The number of benzene rings is 2. The van der Waals surface area contributed by atoms with E-state index in [2.05, 4.69) is 4.98 Å². The molecule has 1 amide bonds. The SMILES string of the molecule is CCN(C(=O)c1cccc(S(=O)(=O)N2CC(C)OC(C)C2)c1)c1nc2ccccc2s1. The zero-order chi connectivity index (χ0) is 22.2. The van der Waals surface area contributed by atoms with Crippen LogP contribution in [0.25, 0.3) is 10.2 Å². The first-order chi connectivity index (χ1) is 14.8. The van der Waals surface area contributed by atoms with E-state index >= 15 is 0 Å². The summed E-state index contributed by atoms with van der Waals surface area (Å²) in [7, 11) is -3.73. The Bertz CT molecular complexity index is 1170. The summed E-state index contributed by atoms with van der Waals surface area (Å²) < 4.78 is 34.5. The summed E-state index contributed by atoms with van der Waals surface area (Å²) in [6.07, 6.45) is -0.365. The largest absolute Gasteiger partial charge is 0.373 e. The van der Waals surface area contributed by atoms with Crippen LogP contribution in [-0.2, 0) is 14.8 Å². The van der Waals surface area contributed by atoms with E-state index in [1.807, 2.05) is 45.0 Å². The monoisotopic (exact) mass is 459 g/mol. The summed E-state index contributed by atoms with van der Waals surface area (Å²) in [5.74, 6) is -0.276. The van der Waals surface area contributed by atoms with E-state index in [1.165, 1.54) is 27.8 Å². The highest BCUT2D eigenvalue weighted by atomic mass is 32.2. The lowest BCUT2D eigenvalue weighted by atomic mass is 10.2. The Labute approximate surface area is 186 Å². The van der Waals surface area contributed by atoms with Crippen LogP contribution in [0.3, 0.4) is 0 Å². The van der Waals surface area contributed by atoms with Crippen LogP contribution in [0.1, 0.15) is 31.1 Å². The van der Waals surface area contributed by atoms with Gasteiger partial charge in [0.1, 0.15) is 0 Å². The number of para-hydroxylation sites is 1. The molecule has 0 bridgehead atoms. The Morgan fingerprint density at radius 1 is 1.16 bits per heavy atom. The van der Waals surface area contributed by atoms with Gasteiger partial charge in [-0.1, -0.05) is 29.5 Å². The number of ether oxygens (including phenoxy) is 1. The van der Waals surface area contributed by atoms with Crippen LogP contribution in [-0.4, -0.2) is 55.5 Å². The minimum absolute atomic E-state index is 0.111. The summed E-state index contributed by atoms with van der Waals surface area (Å²) in [5.41, 5.74) is 1.15. The Kier molecular flexibility index (Phi) is 6.11. The van der Waals surface area contributed by atoms with Crippen LogP contribution in [0.2, 0.25) is 0 Å². The fraction of sp³-hybridized carbons (Fsp3) is 0.364. The third-order valence-corrected chi connectivity index (χ3v) is 8.07. The van der Waals surface area contributed by atoms with Gasteiger partial charge in [0.2, 0.25) is 10.0 Å². The Hall–Kier alpha value is -2.33. The first-order valence-electron chi connectivity index (χ1n) is 10.2. The number of fused-ring (bicyclic) bond motifs is 1. The van der Waals surface area contributed by atoms with Crippen molar-refractivity contribution >= 4 is 42.6 Å². The maximum absolute atomic E-state index is 13.3. The molecule has 0 aliphatic carbocycles. The number of nitrogens with zero attached hydrogens (tertiary/aromatic N) is 3. The second kappa shape index (κ2) is 8.66. The van der Waals surface area contributed by atoms with Crippen molar-refractivity contribution in [3.05, 3.63) is 54.1 Å². The highest BCUT2D eigenvalue weighted by Gasteiger charge is 2.32. The maximum atomic E-state index is 13.3. The topological polar surface area (TPSA) is 79.8 Å². The van der Waals surface area contributed by atoms with E-state index in [0.29, 0.717) is 17.2 Å². The first-order valence-corrected chi connectivity index (χ1v) is 12.5. The highest BCUT2D eigenvalue weighted by Crippen LogP contribution is 2.30. The molecule has 4 rings (SSSR count). The fourth-order valence-corrected chi connectivity index (χ4v) is 6.43. The smallest absolute Gasteiger partial charge is 0.260 e. The van der Waals surface area contributed by atoms with E-state index in [0.717, 1.165) is 10.2 Å². The van der Waals surface area contributed by atoms with Gasteiger partial charge in [-0.3, -0.25) is 9.69 Å². The number of morpholine rings is 1. The quantitative estimate of drug-likeness (QED) is 0.580. The molecule has 2 atom stereocenters. The molecule has 0 radical (unpaired) electrons. The van der Waals surface area contributed by atoms with Gasteiger partial charge in [0.15, 0.2) is 5.13 Å². The Morgan fingerprint density at radius 2 is 1.87 bits per heavy atom. The van der Waals surface area contributed by atoms with Crippen molar-refractivity contribution in [2.45, 2.75) is 37.9 Å². The van der Waals surface area contributed by atoms with Crippen LogP contribution < -0.4 is 4.90 Å². The molecule has 0 N–H and O–H groups in total. The molecular weight excluding hydrogens is 434 g/mol. The Balaban J connectivity index is 1.64. The first kappa shape index (κ1) is 21.9. The molecule has 9 heteroatoms. The van der Waals surface area contributed by atoms with Crippen molar-refractivity contribution in [1.29, 1.82) is 0 Å². The number of sulfonamides is 1. The predicted molar refractivity (Wildman–Crippen MR) is 122 cm³/mol. The van der Waals surface area contributed by atoms with Gasteiger partial charge in [-0.2, -0.15) is 4.31 Å². The highest BCUT2D eigenvalue weighted by molar-refractivity contribution is 7.89. The summed E-state index contributed by atoms with van der Waals surface area (Å²) in [5, 5.41) is 0.595. The molecule has 0 spiro atoms. The number of anilines is 1. The van der Waals surface area contributed by atoms with Gasteiger partial charge in [-0.25, -0.2) is 13.4 Å². The van der Waals surface area contributed by atoms with E-state index < -0.39 is 10.0 Å². The molecular formula is C22H25N3O4S2. The number of carbonyl (C=O) groups excluding carboxylic acids is 1. The average molecular weight is 460 g/mol. The number of thiazole rings is 1. The zero-order valence-electron chi connectivity index (χ0n) is 17.7. The molecule has 1 aromatic heterocycles. The molecule has 1 aliphatic heterocycles. The van der Waals surface area contributed by atoms with Crippen molar-refractivity contribution < 1.29 is 17.9 Å². The normalized spacial score (nSPS) is 20.1. The lowest BCUT2D eigenvalue weighted by Crippen LogP contribution is -2.48. The minimum Gasteiger partial charge on any atom is -0.373 e. The van der Waals surface area contributed by atoms with Crippen LogP contribution in [0.5, 0.6) is 0 Å². The molecule has 2 heterocycles. The summed E-state index contributed by atoms with van der Waals surface area (Å²) in [6.45, 7) is 6.59. The van der Waals surface area contributed by atoms with Gasteiger partial charge < -0.3 is 4.74 Å². The van der Waals surface area contributed by atoms with Crippen LogP contribution in [0.15, 0.2) is 53.4 Å². The van der Waals surface area contributed by atoms with Gasteiger partial charge in [0.05, 0.1) is 27.3 Å². The number of carbonyl (C=O) groups is 1. The molecule has 7 nitrogen and oxygen atoms in total. The lowest BCUT2D eigenvalue weighted by molar-refractivity contribution is -0.0440. The summed E-state index contributed by atoms with van der Waals surface area (Å²) in [6, 6.07) is 14.0. The van der Waals surface area contributed by atoms with E-state index in [-0.39, 0.29) is 36.1 Å². The zero-order valence-corrected chi connectivity index (χ0v) is 19.3. The standard InChI is InChI=1S/C22H25N3O4S2/c1-4-25(22-23-19-10-5-6-11-20(19)30-22)21(26)17-8-7-9-18(12-17)31(27,28)24-13-15(2)29-16(3)14-24/h5-12,15-16H,4,13-14H2,1-3H3. The van der Waals surface area contributed by atoms with Crippen molar-refractivity contribution in [3.8, 4) is 0 Å². The van der Waals surface area contributed by atoms with Crippen LogP contribution in [0, 0.1) is 0 Å². The molecule has 1 aliphatic rings. The van der Waals surface area contributed by atoms with Crippen molar-refractivity contribution in [1.82, 2.24) is 9.29 Å². The molecule has 164 valence electrons. The van der Waals surface area contributed by atoms with Gasteiger partial charge in [0, 0.05) is 25.2 Å². The molecule has 3 aromatic rings. The number of rotatable bonds is 5. The van der Waals surface area contributed by atoms with Gasteiger partial charge in [0.25, 0.3) is 5.91 Å². The third-order valence-electron chi connectivity index (χ3n) is 5.18. The van der Waals surface area contributed by atoms with E-state index in [9.17, 15) is 13.2 Å². The van der Waals surface area contributed by atoms with Gasteiger partial charge >= 0.3 is 0 Å². The van der Waals surface area contributed by atoms with Crippen molar-refractivity contribution in [2.24, 2.45) is 0 Å². The molecule has 31 heavy (non-hydrogen) atoms. The van der Waals surface area contributed by atoms with E-state index in [4.69, 9.17) is 4.74 Å². The maximum Gasteiger partial charge on any atom is 0.260 e. The van der Waals surface area contributed by atoms with Crippen molar-refractivity contribution in [2.75, 3.05) is 24.5 Å². The molecule has 1 saturated heterocycles. The summed E-state index contributed by atoms with van der Waals surface area (Å²) in [4.78, 5) is 19.5. The molecule has 1 fully saturated rings. The summed E-state index contributed by atoms with van der Waals surface area (Å²) >= 11 is 1.44. The third kappa shape index (κ3) is 4.36. The van der Waals surface area contributed by atoms with E-state index in [1.54, 1.807) is 17.0 Å². The molecule has 2 aromatic carbocycles. The second-order valence-corrected chi connectivity index (χ2v) is 10.6. The number of aromatic nitrogens is 1. The fourth-order valence-electron chi connectivity index (χ4n) is 3.76. The lowest BCUT2D eigenvalue weighted by Gasteiger charge is -2.34. The van der Waals surface area contributed by atoms with Crippen LogP contribution >= 0.6 is 11.3 Å². The second-order valence-electron chi connectivity index (χ2n) is 7.62.